The first-order chi connectivity index (χ1) is 19.7. The summed E-state index contributed by atoms with van der Waals surface area (Å²) in [4.78, 5) is 62.7. The van der Waals surface area contributed by atoms with E-state index < -0.39 is 28.0 Å². The Labute approximate surface area is 233 Å². The monoisotopic (exact) mass is 560 g/mol. The van der Waals surface area contributed by atoms with E-state index >= 15 is 0 Å². The molecular formula is C28H28N6O7. The van der Waals surface area contributed by atoms with E-state index in [9.17, 15) is 29.3 Å². The fourth-order valence-corrected chi connectivity index (χ4v) is 5.09. The first kappa shape index (κ1) is 27.4. The van der Waals surface area contributed by atoms with Crippen molar-refractivity contribution in [2.24, 2.45) is 0 Å². The second kappa shape index (κ2) is 11.5. The number of amides is 2. The number of aryl methyl sites for hydroxylation is 1. The molecule has 0 saturated carbocycles. The molecule has 0 aliphatic heterocycles. The summed E-state index contributed by atoms with van der Waals surface area (Å²) in [6.45, 7) is 1.74. The number of nitro benzene ring substituents is 1. The van der Waals surface area contributed by atoms with E-state index in [-0.39, 0.29) is 25.4 Å². The molecule has 2 aliphatic rings. The average molecular weight is 561 g/mol. The first-order valence-electron chi connectivity index (χ1n) is 13.1. The van der Waals surface area contributed by atoms with Gasteiger partial charge < -0.3 is 24.9 Å². The first-order valence-corrected chi connectivity index (χ1v) is 13.1. The van der Waals surface area contributed by atoms with E-state index in [4.69, 9.17) is 4.74 Å². The van der Waals surface area contributed by atoms with Gasteiger partial charge >= 0.3 is 23.1 Å². The number of rotatable bonds is 8. The molecule has 2 heterocycles. The molecule has 1 aromatic carbocycles. The number of ether oxygens (including phenoxy) is 1. The summed E-state index contributed by atoms with van der Waals surface area (Å²) in [6, 6.07) is 6.96. The highest BCUT2D eigenvalue weighted by molar-refractivity contribution is 5.89. The minimum Gasteiger partial charge on any atom is -0.465 e. The molecule has 13 heteroatoms. The number of carbonyl (C=O) groups excluding carboxylic acids is 2. The van der Waals surface area contributed by atoms with Gasteiger partial charge in [0.15, 0.2) is 0 Å². The second-order valence-corrected chi connectivity index (χ2v) is 9.67. The van der Waals surface area contributed by atoms with Crippen molar-refractivity contribution in [3.8, 4) is 0 Å². The number of non-ortho nitro benzene ring substituents is 1. The number of fused-ring (bicyclic) bond motifs is 2. The van der Waals surface area contributed by atoms with Gasteiger partial charge in [0, 0.05) is 53.7 Å². The largest absolute Gasteiger partial charge is 0.465 e. The van der Waals surface area contributed by atoms with Gasteiger partial charge in [-0.15, -0.1) is 0 Å². The maximum Gasteiger partial charge on any atom is 0.326 e. The number of esters is 1. The smallest absolute Gasteiger partial charge is 0.326 e. The lowest BCUT2D eigenvalue weighted by molar-refractivity contribution is -0.384. The molecular weight excluding hydrogens is 532 g/mol. The Morgan fingerprint density at radius 1 is 1.10 bits per heavy atom. The molecule has 3 aromatic rings. The summed E-state index contributed by atoms with van der Waals surface area (Å²) < 4.78 is 8.21. The highest BCUT2D eigenvalue weighted by atomic mass is 16.6. The van der Waals surface area contributed by atoms with Gasteiger partial charge in [0.1, 0.15) is 6.54 Å². The average Bonchev–Trinajstić information content (AvgIpc) is 3.43. The van der Waals surface area contributed by atoms with Crippen molar-refractivity contribution in [1.29, 1.82) is 0 Å². The van der Waals surface area contributed by atoms with Gasteiger partial charge in [0.2, 0.25) is 0 Å². The van der Waals surface area contributed by atoms with Crippen LogP contribution in [0.2, 0.25) is 0 Å². The number of benzene rings is 1. The van der Waals surface area contributed by atoms with Crippen LogP contribution in [0.15, 0.2) is 64.0 Å². The van der Waals surface area contributed by atoms with Crippen LogP contribution in [0, 0.1) is 10.1 Å². The fraction of sp³-hybridized carbons (Fsp3) is 0.286. The number of H-pyrrole nitrogens is 1. The zero-order valence-corrected chi connectivity index (χ0v) is 22.3. The van der Waals surface area contributed by atoms with E-state index in [0.29, 0.717) is 23.5 Å². The van der Waals surface area contributed by atoms with Crippen LogP contribution in [0.5, 0.6) is 0 Å². The van der Waals surface area contributed by atoms with E-state index in [1.807, 2.05) is 29.1 Å². The third kappa shape index (κ3) is 5.88. The zero-order chi connectivity index (χ0) is 29.1. The summed E-state index contributed by atoms with van der Waals surface area (Å²) in [5.74, 6) is -0.588. The molecule has 2 amide bonds. The van der Waals surface area contributed by atoms with Gasteiger partial charge in [0.25, 0.3) is 5.69 Å². The molecule has 2 aromatic heterocycles. The summed E-state index contributed by atoms with van der Waals surface area (Å²) in [6.07, 6.45) is 8.57. The lowest BCUT2D eigenvalue weighted by Gasteiger charge is -2.28. The Morgan fingerprint density at radius 2 is 1.85 bits per heavy atom. The van der Waals surface area contributed by atoms with Crippen molar-refractivity contribution in [1.82, 2.24) is 19.4 Å². The minimum absolute atomic E-state index is 0.0653. The van der Waals surface area contributed by atoms with Crippen molar-refractivity contribution in [3.63, 3.8) is 0 Å². The molecule has 0 atom stereocenters. The second-order valence-electron chi connectivity index (χ2n) is 9.67. The summed E-state index contributed by atoms with van der Waals surface area (Å²) >= 11 is 0. The van der Waals surface area contributed by atoms with Crippen LogP contribution in [0.25, 0.3) is 11.3 Å². The van der Waals surface area contributed by atoms with Crippen molar-refractivity contribution >= 4 is 34.6 Å². The van der Waals surface area contributed by atoms with Crippen LogP contribution in [0.4, 0.5) is 16.2 Å². The highest BCUT2D eigenvalue weighted by Gasteiger charge is 2.27. The number of hydrogen-bond acceptors (Lipinski definition) is 7. The van der Waals surface area contributed by atoms with Crippen LogP contribution in [-0.4, -0.2) is 37.6 Å². The van der Waals surface area contributed by atoms with Gasteiger partial charge in [-0.1, -0.05) is 5.57 Å². The number of aromatic amines is 1. The number of urea groups is 1. The topological polar surface area (TPSA) is 170 Å². The van der Waals surface area contributed by atoms with Gasteiger partial charge in [-0.05, 0) is 62.4 Å². The van der Waals surface area contributed by atoms with Gasteiger partial charge in [-0.3, -0.25) is 29.1 Å². The molecule has 5 rings (SSSR count). The number of nitro groups is 1. The summed E-state index contributed by atoms with van der Waals surface area (Å²) in [7, 11) is 0. The predicted molar refractivity (Wildman–Crippen MR) is 150 cm³/mol. The van der Waals surface area contributed by atoms with Crippen LogP contribution in [0.3, 0.4) is 0 Å². The molecule has 0 fully saturated rings. The summed E-state index contributed by atoms with van der Waals surface area (Å²) in [5, 5.41) is 16.2. The molecule has 2 aliphatic carbocycles. The molecule has 0 radical (unpaired) electrons. The summed E-state index contributed by atoms with van der Waals surface area (Å²) in [5.41, 5.74) is 3.73. The zero-order valence-electron chi connectivity index (χ0n) is 22.3. The SMILES string of the molecule is CCOC(=O)Cn1c2c([nH]c(=O)c1=O)CCC1=C2C=C(n2ccc(CNC(=O)Nc3ccc([N+](=O)[O-])cc3)c2)CC1. The van der Waals surface area contributed by atoms with Crippen LogP contribution in [0.1, 0.15) is 43.1 Å². The predicted octanol–water partition coefficient (Wildman–Crippen LogP) is 3.17. The molecule has 3 N–H and O–H groups in total. The van der Waals surface area contributed by atoms with Crippen molar-refractivity contribution in [2.45, 2.75) is 45.7 Å². The van der Waals surface area contributed by atoms with Crippen molar-refractivity contribution in [3.05, 3.63) is 102 Å². The highest BCUT2D eigenvalue weighted by Crippen LogP contribution is 2.39. The molecule has 212 valence electrons. The van der Waals surface area contributed by atoms with E-state index in [1.165, 1.54) is 28.8 Å². The number of nitrogens with zero attached hydrogens (tertiary/aromatic N) is 3. The Balaban J connectivity index is 1.33. The third-order valence-corrected chi connectivity index (χ3v) is 7.03. The quantitative estimate of drug-likeness (QED) is 0.164. The number of allylic oxidation sites excluding steroid dienone is 4. The molecule has 13 nitrogen and oxygen atoms in total. The van der Waals surface area contributed by atoms with Crippen LogP contribution < -0.4 is 21.8 Å². The molecule has 0 saturated heterocycles. The number of aromatic nitrogens is 3. The van der Waals surface area contributed by atoms with Gasteiger partial charge in [-0.25, -0.2) is 4.79 Å². The van der Waals surface area contributed by atoms with Crippen molar-refractivity contribution < 1.29 is 19.2 Å². The van der Waals surface area contributed by atoms with Gasteiger partial charge in [0.05, 0.1) is 17.2 Å². The van der Waals surface area contributed by atoms with E-state index in [2.05, 4.69) is 15.6 Å². The van der Waals surface area contributed by atoms with E-state index in [1.54, 1.807) is 6.92 Å². The van der Waals surface area contributed by atoms with Gasteiger partial charge in [-0.2, -0.15) is 0 Å². The Morgan fingerprint density at radius 3 is 2.59 bits per heavy atom. The standard InChI is InChI=1S/C28H28N6O7/c1-2-41-24(35)16-33-25-22-13-21(7-3-18(22)4-10-23(25)31-26(36)27(33)37)32-12-11-17(15-32)14-29-28(38)30-19-5-8-20(9-6-19)34(39)40/h5-6,8-9,11-13,15H,2-4,7,10,14,16H2,1H3,(H,31,36)(H2,29,30,38). The maximum absolute atomic E-state index is 12.8. The lowest BCUT2D eigenvalue weighted by Crippen LogP contribution is -2.41. The fourth-order valence-electron chi connectivity index (χ4n) is 5.09. The number of carbonyl (C=O) groups is 2. The lowest BCUT2D eigenvalue weighted by atomic mass is 9.84. The Bertz CT molecular complexity index is 1710. The third-order valence-electron chi connectivity index (χ3n) is 7.03. The maximum atomic E-state index is 12.8. The molecule has 0 bridgehead atoms. The van der Waals surface area contributed by atoms with Crippen molar-refractivity contribution in [2.75, 3.05) is 11.9 Å². The number of anilines is 1. The van der Waals surface area contributed by atoms with E-state index in [0.717, 1.165) is 41.7 Å². The molecule has 0 unspecified atom stereocenters. The number of nitrogens with one attached hydrogen (secondary N) is 3. The minimum atomic E-state index is -0.799. The Hall–Kier alpha value is -5.20. The van der Waals surface area contributed by atoms with Crippen LogP contribution in [-0.2, 0) is 29.0 Å². The van der Waals surface area contributed by atoms with Crippen LogP contribution >= 0.6 is 0 Å². The molecule has 0 spiro atoms. The molecule has 41 heavy (non-hydrogen) atoms. The normalized spacial score (nSPS) is 14.0. The Kier molecular flexibility index (Phi) is 7.68. The number of hydrogen-bond donors (Lipinski definition) is 3.